The number of nitrogens with zero attached hydrogens (tertiary/aromatic N) is 3. The highest BCUT2D eigenvalue weighted by Gasteiger charge is 2.37. The first-order chi connectivity index (χ1) is 19.1. The molecule has 4 N–H and O–H groups in total. The van der Waals surface area contributed by atoms with Gasteiger partial charge in [-0.1, -0.05) is 44.4 Å². The molecule has 1 aliphatic rings. The molecule has 8 nitrogen and oxygen atoms in total. The van der Waals surface area contributed by atoms with Crippen LogP contribution < -0.4 is 16.4 Å². The lowest BCUT2D eigenvalue weighted by Gasteiger charge is -2.31. The largest absolute Gasteiger partial charge is 0.435 e. The van der Waals surface area contributed by atoms with E-state index in [0.29, 0.717) is 16.8 Å². The molecule has 2 rings (SSSR count). The summed E-state index contributed by atoms with van der Waals surface area (Å²) in [6, 6.07) is 0.111. The van der Waals surface area contributed by atoms with E-state index in [1.807, 2.05) is 39.8 Å². The fourth-order valence-electron chi connectivity index (χ4n) is 4.42. The van der Waals surface area contributed by atoms with Crippen molar-refractivity contribution in [2.75, 3.05) is 7.05 Å². The molecular formula is C30H45F3N6O2. The van der Waals surface area contributed by atoms with E-state index in [9.17, 15) is 22.8 Å². The topological polar surface area (TPSA) is 114 Å². The summed E-state index contributed by atoms with van der Waals surface area (Å²) in [6.07, 6.45) is 5.42. The van der Waals surface area contributed by atoms with Crippen LogP contribution in [0.4, 0.5) is 13.2 Å². The van der Waals surface area contributed by atoms with Crippen LogP contribution in [0.25, 0.3) is 5.57 Å². The number of rotatable bonds is 13. The van der Waals surface area contributed by atoms with Crippen molar-refractivity contribution in [3.05, 3.63) is 47.0 Å². The lowest BCUT2D eigenvalue weighted by Crippen LogP contribution is -2.56. The zero-order valence-corrected chi connectivity index (χ0v) is 25.2. The Balaban J connectivity index is 2.42. The van der Waals surface area contributed by atoms with Gasteiger partial charge in [0.25, 0.3) is 0 Å². The molecule has 228 valence electrons. The van der Waals surface area contributed by atoms with E-state index in [4.69, 9.17) is 5.73 Å². The Morgan fingerprint density at radius 2 is 1.93 bits per heavy atom. The number of amides is 2. The maximum Gasteiger partial charge on any atom is 0.435 e. The van der Waals surface area contributed by atoms with E-state index < -0.39 is 29.4 Å². The maximum atomic E-state index is 13.8. The van der Waals surface area contributed by atoms with Crippen molar-refractivity contribution < 1.29 is 22.8 Å². The fourth-order valence-corrected chi connectivity index (χ4v) is 4.42. The third kappa shape index (κ3) is 10.2. The van der Waals surface area contributed by atoms with E-state index in [-0.39, 0.29) is 30.7 Å². The summed E-state index contributed by atoms with van der Waals surface area (Å²) >= 11 is 0. The first kappa shape index (κ1) is 33.8. The molecule has 41 heavy (non-hydrogen) atoms. The van der Waals surface area contributed by atoms with Crippen molar-refractivity contribution in [2.24, 2.45) is 22.6 Å². The van der Waals surface area contributed by atoms with Crippen LogP contribution >= 0.6 is 0 Å². The second kappa shape index (κ2) is 14.5. The second-order valence-corrected chi connectivity index (χ2v) is 11.7. The van der Waals surface area contributed by atoms with E-state index >= 15 is 0 Å². The van der Waals surface area contributed by atoms with E-state index in [2.05, 4.69) is 20.7 Å². The van der Waals surface area contributed by atoms with Gasteiger partial charge in [-0.3, -0.25) is 19.3 Å². The molecule has 1 fully saturated rings. The molecule has 1 aromatic heterocycles. The van der Waals surface area contributed by atoms with Gasteiger partial charge in [-0.25, -0.2) is 0 Å². The minimum absolute atomic E-state index is 0.0438. The second-order valence-electron chi connectivity index (χ2n) is 11.7. The molecular weight excluding hydrogens is 533 g/mol. The van der Waals surface area contributed by atoms with Crippen molar-refractivity contribution in [1.29, 1.82) is 0 Å². The summed E-state index contributed by atoms with van der Waals surface area (Å²) in [7, 11) is 1.57. The van der Waals surface area contributed by atoms with Crippen LogP contribution in [-0.4, -0.2) is 46.4 Å². The van der Waals surface area contributed by atoms with Crippen molar-refractivity contribution >= 4 is 23.6 Å². The zero-order valence-electron chi connectivity index (χ0n) is 25.2. The highest BCUT2D eigenvalue weighted by Crippen LogP contribution is 2.32. The number of carbonyl (C=O) groups excluding carboxylic acids is 2. The number of nitrogens with two attached hydrogens (primary N) is 1. The first-order valence-electron chi connectivity index (χ1n) is 14.1. The van der Waals surface area contributed by atoms with Gasteiger partial charge in [0.1, 0.15) is 6.04 Å². The molecule has 0 saturated heterocycles. The standard InChI is InChI=1S/C30H45F3N6O2/c1-8-20(4)13-23(12-19(2)3)25-15-26(30(31,32)33)38-39(25)18-29(5,6)37-28(41)24(14-21(16-34)17-35-7)36-27(40)22-10-9-11-22/h12-13,15-17,20,22,24H,8-11,14,18,34H2,1-7H3,(H,36,40)(H,37,41)/b21-16-,23-13+,35-17?/t20?,24-/m1/s1. The van der Waals surface area contributed by atoms with Gasteiger partial charge in [0.15, 0.2) is 5.69 Å². The number of hydrogen-bond acceptors (Lipinski definition) is 5. The average molecular weight is 579 g/mol. The number of aliphatic imine (C=N–C) groups is 1. The highest BCUT2D eigenvalue weighted by molar-refractivity contribution is 5.90. The third-order valence-electron chi connectivity index (χ3n) is 6.98. The Hall–Kier alpha value is -3.37. The third-order valence-corrected chi connectivity index (χ3v) is 6.98. The smallest absolute Gasteiger partial charge is 0.404 e. The van der Waals surface area contributed by atoms with Gasteiger partial charge in [-0.2, -0.15) is 18.3 Å². The van der Waals surface area contributed by atoms with Crippen LogP contribution in [0.15, 0.2) is 40.6 Å². The lowest BCUT2D eigenvalue weighted by molar-refractivity contribution is -0.141. The average Bonchev–Trinajstić information content (AvgIpc) is 3.24. The van der Waals surface area contributed by atoms with Crippen LogP contribution in [0.2, 0.25) is 0 Å². The van der Waals surface area contributed by atoms with Gasteiger partial charge in [-0.15, -0.1) is 0 Å². The van der Waals surface area contributed by atoms with Gasteiger partial charge < -0.3 is 16.4 Å². The summed E-state index contributed by atoms with van der Waals surface area (Å²) in [5, 5.41) is 9.67. The molecule has 1 aromatic rings. The van der Waals surface area contributed by atoms with Gasteiger partial charge in [-0.05, 0) is 69.9 Å². The van der Waals surface area contributed by atoms with E-state index in [1.165, 1.54) is 17.1 Å². The maximum absolute atomic E-state index is 13.8. The number of hydrogen-bond donors (Lipinski definition) is 3. The van der Waals surface area contributed by atoms with Crippen molar-refractivity contribution in [1.82, 2.24) is 20.4 Å². The Morgan fingerprint density at radius 1 is 1.27 bits per heavy atom. The van der Waals surface area contributed by atoms with Crippen LogP contribution in [0.5, 0.6) is 0 Å². The van der Waals surface area contributed by atoms with E-state index in [0.717, 1.165) is 37.3 Å². The molecule has 0 radical (unpaired) electrons. The number of alkyl halides is 3. The Morgan fingerprint density at radius 3 is 2.41 bits per heavy atom. The number of carbonyl (C=O) groups is 2. The van der Waals surface area contributed by atoms with Crippen LogP contribution in [0.1, 0.15) is 85.0 Å². The molecule has 1 saturated carbocycles. The summed E-state index contributed by atoms with van der Waals surface area (Å²) < 4.78 is 42.6. The van der Waals surface area contributed by atoms with Crippen molar-refractivity contribution in [3.63, 3.8) is 0 Å². The monoisotopic (exact) mass is 578 g/mol. The number of halogens is 3. The number of aromatic nitrogens is 2. The molecule has 1 heterocycles. The van der Waals surface area contributed by atoms with E-state index in [1.54, 1.807) is 20.9 Å². The molecule has 0 aromatic carbocycles. The highest BCUT2D eigenvalue weighted by atomic mass is 19.4. The minimum atomic E-state index is -4.64. The molecule has 2 amide bonds. The molecule has 0 spiro atoms. The molecule has 1 aliphatic carbocycles. The van der Waals surface area contributed by atoms with Crippen LogP contribution in [0, 0.1) is 11.8 Å². The Labute approximate surface area is 241 Å². The number of allylic oxidation sites excluding steroid dienone is 4. The SMILES string of the molecule is CCC(C)/C=C(\C=C(C)C)c1cc(C(F)(F)F)nn1CC(C)(C)NC(=O)[C@@H](C/C(C=NC)=C/N)NC(=O)C1CCC1. The molecule has 1 unspecified atom stereocenters. The summed E-state index contributed by atoms with van der Waals surface area (Å²) in [5.74, 6) is -0.690. The van der Waals surface area contributed by atoms with Gasteiger partial charge in [0.05, 0.1) is 17.8 Å². The van der Waals surface area contributed by atoms with Gasteiger partial charge >= 0.3 is 6.18 Å². The van der Waals surface area contributed by atoms with Gasteiger partial charge in [0.2, 0.25) is 11.8 Å². The quantitative estimate of drug-likeness (QED) is 0.214. The molecule has 0 bridgehead atoms. The van der Waals surface area contributed by atoms with Crippen LogP contribution in [-0.2, 0) is 22.3 Å². The molecule has 11 heteroatoms. The van der Waals surface area contributed by atoms with Crippen LogP contribution in [0.3, 0.4) is 0 Å². The minimum Gasteiger partial charge on any atom is -0.404 e. The summed E-state index contributed by atoms with van der Waals surface area (Å²) in [4.78, 5) is 30.2. The summed E-state index contributed by atoms with van der Waals surface area (Å²) in [6.45, 7) is 11.1. The summed E-state index contributed by atoms with van der Waals surface area (Å²) in [5.41, 5.74) is 6.11. The predicted molar refractivity (Wildman–Crippen MR) is 157 cm³/mol. The predicted octanol–water partition coefficient (Wildman–Crippen LogP) is 5.41. The molecule has 2 atom stereocenters. The Kier molecular flexibility index (Phi) is 12.0. The zero-order chi connectivity index (χ0) is 31.0. The van der Waals surface area contributed by atoms with Crippen molar-refractivity contribution in [2.45, 2.75) is 97.9 Å². The number of nitrogens with one attached hydrogen (secondary N) is 2. The van der Waals surface area contributed by atoms with Crippen molar-refractivity contribution in [3.8, 4) is 0 Å². The molecule has 0 aliphatic heterocycles. The lowest BCUT2D eigenvalue weighted by atomic mass is 9.84. The Bertz CT molecular complexity index is 1190. The normalized spacial score (nSPS) is 16.7. The fraction of sp³-hybridized carbons (Fsp3) is 0.600. The van der Waals surface area contributed by atoms with Gasteiger partial charge in [0, 0.05) is 25.6 Å². The first-order valence-corrected chi connectivity index (χ1v) is 14.1.